The number of aromatic nitrogens is 3. The highest BCUT2D eigenvalue weighted by atomic mass is 16.6. The Hall–Kier alpha value is -4.98. The number of hydroxylamine groups is 2. The maximum Gasteiger partial charge on any atom is 0.329 e. The van der Waals surface area contributed by atoms with Crippen molar-refractivity contribution >= 4 is 34.8 Å². The van der Waals surface area contributed by atoms with Crippen LogP contribution in [0.5, 0.6) is 0 Å². The fraction of sp³-hybridized carbons (Fsp3) is 0.585. The SMILES string of the molecule is CCCN(C(=O)N(C[C@@H](C)OCCOCCOC)c1cccc(N(C[C@@H](C)OCCOCCOC)C(=O)N(CCC)c2ccc(-c3cn(C4CC(C)(C)N([O])C(C)(C)C4)nn3)cc2)c1)c1ccccc1. The molecule has 0 saturated carbocycles. The molecule has 4 aromatic rings. The predicted octanol–water partition coefficient (Wildman–Crippen LogP) is 9.31. The minimum Gasteiger partial charge on any atom is -0.382 e. The van der Waals surface area contributed by atoms with Crippen LogP contribution in [-0.2, 0) is 33.6 Å². The lowest BCUT2D eigenvalue weighted by Gasteiger charge is -2.49. The van der Waals surface area contributed by atoms with Gasteiger partial charge in [-0.1, -0.05) is 55.5 Å². The molecule has 1 radical (unpaired) electrons. The van der Waals surface area contributed by atoms with Crippen molar-refractivity contribution in [1.82, 2.24) is 20.1 Å². The second kappa shape index (κ2) is 27.6. The Balaban J connectivity index is 1.46. The van der Waals surface area contributed by atoms with Gasteiger partial charge in [0.05, 0.1) is 90.4 Å². The molecule has 70 heavy (non-hydrogen) atoms. The lowest BCUT2D eigenvalue weighted by atomic mass is 9.79. The van der Waals surface area contributed by atoms with Crippen LogP contribution in [0.25, 0.3) is 11.3 Å². The molecule has 1 aliphatic heterocycles. The summed E-state index contributed by atoms with van der Waals surface area (Å²) in [5.74, 6) is 0. The van der Waals surface area contributed by atoms with Gasteiger partial charge in [-0.25, -0.2) is 14.3 Å². The quantitative estimate of drug-likeness (QED) is 0.0500. The Kier molecular flexibility index (Phi) is 22.0. The van der Waals surface area contributed by atoms with Gasteiger partial charge < -0.3 is 28.4 Å². The summed E-state index contributed by atoms with van der Waals surface area (Å²) in [5, 5.41) is 23.3. The summed E-state index contributed by atoms with van der Waals surface area (Å²) in [5.41, 5.74) is 3.16. The molecular formula is C53H79N8O9. The van der Waals surface area contributed by atoms with Crippen LogP contribution in [0.4, 0.5) is 32.3 Å². The molecule has 0 unspecified atom stereocenters. The fourth-order valence-electron chi connectivity index (χ4n) is 8.96. The van der Waals surface area contributed by atoms with Gasteiger partial charge in [0.2, 0.25) is 0 Å². The van der Waals surface area contributed by atoms with E-state index in [2.05, 4.69) is 10.3 Å². The van der Waals surface area contributed by atoms with E-state index in [1.54, 1.807) is 33.8 Å². The second-order valence-electron chi connectivity index (χ2n) is 19.1. The number of para-hydroxylation sites is 1. The molecule has 3 aromatic carbocycles. The van der Waals surface area contributed by atoms with Gasteiger partial charge in [0.15, 0.2) is 0 Å². The molecule has 1 aromatic heterocycles. The van der Waals surface area contributed by atoms with Crippen molar-refractivity contribution in [2.45, 2.75) is 110 Å². The molecule has 1 aliphatic rings. The Bertz CT molecular complexity index is 2140. The summed E-state index contributed by atoms with van der Waals surface area (Å²) in [6.07, 6.45) is 3.93. The first-order valence-electron chi connectivity index (χ1n) is 24.8. The number of anilines is 4. The molecule has 17 heteroatoms. The first-order chi connectivity index (χ1) is 33.6. The van der Waals surface area contributed by atoms with E-state index >= 15 is 4.79 Å². The van der Waals surface area contributed by atoms with Crippen molar-refractivity contribution in [3.8, 4) is 11.3 Å². The molecule has 2 heterocycles. The Morgan fingerprint density at radius 1 is 0.629 bits per heavy atom. The van der Waals surface area contributed by atoms with Crippen LogP contribution in [0.1, 0.15) is 87.1 Å². The van der Waals surface area contributed by atoms with Gasteiger partial charge in [-0.15, -0.1) is 15.4 Å². The van der Waals surface area contributed by atoms with E-state index in [0.29, 0.717) is 108 Å². The van der Waals surface area contributed by atoms with Crippen LogP contribution in [-0.4, -0.2) is 149 Å². The van der Waals surface area contributed by atoms with Crippen molar-refractivity contribution in [2.24, 2.45) is 0 Å². The number of ether oxygens (including phenoxy) is 6. The van der Waals surface area contributed by atoms with Crippen molar-refractivity contribution in [3.63, 3.8) is 0 Å². The number of hydrogen-bond acceptors (Lipinski definition) is 11. The van der Waals surface area contributed by atoms with Gasteiger partial charge in [-0.05, 0) is 110 Å². The van der Waals surface area contributed by atoms with E-state index in [0.717, 1.165) is 17.7 Å². The second-order valence-corrected chi connectivity index (χ2v) is 19.1. The van der Waals surface area contributed by atoms with Crippen molar-refractivity contribution in [3.05, 3.63) is 85.1 Å². The monoisotopic (exact) mass is 972 g/mol. The van der Waals surface area contributed by atoms with E-state index in [9.17, 15) is 10.0 Å². The molecule has 0 spiro atoms. The lowest BCUT2D eigenvalue weighted by Crippen LogP contribution is -2.58. The highest BCUT2D eigenvalue weighted by molar-refractivity contribution is 6.06. The van der Waals surface area contributed by atoms with Crippen LogP contribution in [0.15, 0.2) is 85.1 Å². The molecule has 1 fully saturated rings. The van der Waals surface area contributed by atoms with Gasteiger partial charge in [-0.2, -0.15) is 0 Å². The smallest absolute Gasteiger partial charge is 0.329 e. The molecule has 17 nitrogen and oxygen atoms in total. The largest absolute Gasteiger partial charge is 0.382 e. The molecule has 5 rings (SSSR count). The zero-order valence-corrected chi connectivity index (χ0v) is 43.4. The third-order valence-electron chi connectivity index (χ3n) is 12.3. The van der Waals surface area contributed by atoms with Gasteiger partial charge >= 0.3 is 12.1 Å². The number of nitrogens with zero attached hydrogens (tertiary/aromatic N) is 8. The third-order valence-corrected chi connectivity index (χ3v) is 12.3. The summed E-state index contributed by atoms with van der Waals surface area (Å²) in [7, 11) is 3.26. The average molecular weight is 972 g/mol. The maximum atomic E-state index is 15.2. The van der Waals surface area contributed by atoms with Gasteiger partial charge in [0.25, 0.3) is 0 Å². The van der Waals surface area contributed by atoms with E-state index < -0.39 is 11.1 Å². The number of methoxy groups -OCH3 is 2. The number of benzene rings is 3. The van der Waals surface area contributed by atoms with Crippen LogP contribution in [0.3, 0.4) is 0 Å². The number of piperidine rings is 1. The van der Waals surface area contributed by atoms with Crippen LogP contribution in [0, 0.1) is 0 Å². The Morgan fingerprint density at radius 2 is 1.09 bits per heavy atom. The van der Waals surface area contributed by atoms with Crippen LogP contribution in [0.2, 0.25) is 0 Å². The minimum atomic E-state index is -0.546. The first kappa shape index (κ1) is 55.9. The van der Waals surface area contributed by atoms with Crippen LogP contribution >= 0.6 is 0 Å². The summed E-state index contributed by atoms with van der Waals surface area (Å²) in [6.45, 7) is 20.6. The predicted molar refractivity (Wildman–Crippen MR) is 274 cm³/mol. The number of carbonyl (C=O) groups is 2. The van der Waals surface area contributed by atoms with E-state index in [1.807, 2.05) is 145 Å². The van der Waals surface area contributed by atoms with Crippen molar-refractivity contribution in [1.29, 1.82) is 0 Å². The van der Waals surface area contributed by atoms with Gasteiger partial charge in [0, 0.05) is 66.7 Å². The van der Waals surface area contributed by atoms with Crippen molar-refractivity contribution < 1.29 is 43.2 Å². The molecule has 385 valence electrons. The Labute approximate surface area is 416 Å². The zero-order chi connectivity index (χ0) is 50.7. The molecular weight excluding hydrogens is 893 g/mol. The lowest BCUT2D eigenvalue weighted by molar-refractivity contribution is -0.293. The highest BCUT2D eigenvalue weighted by Gasteiger charge is 2.47. The van der Waals surface area contributed by atoms with E-state index in [-0.39, 0.29) is 43.4 Å². The van der Waals surface area contributed by atoms with Crippen molar-refractivity contribution in [2.75, 3.05) is 113 Å². The molecule has 1 saturated heterocycles. The molecule has 0 aliphatic carbocycles. The maximum absolute atomic E-state index is 15.2. The number of carbonyl (C=O) groups excluding carboxylic acids is 2. The van der Waals surface area contributed by atoms with E-state index in [1.165, 1.54) is 5.06 Å². The highest BCUT2D eigenvalue weighted by Crippen LogP contribution is 2.42. The Morgan fingerprint density at radius 3 is 1.56 bits per heavy atom. The standard InChI is InChI=1S/C53H79N8O9/c1-11-25-56(44-17-14-13-15-18-44)50(62)58(38-41(3)69-33-31-67-29-27-65-9)46-19-16-20-47(35-46)59(39-42(4)70-34-32-68-30-28-66-10)51(63)57(26-12-2)45-23-21-43(22-24-45)49-40-60(55-54-49)48-36-52(5,6)61(64)53(7,8)37-48/h13-24,35,40-42,48H,11-12,25-34,36-39H2,1-10H3/t41-,42-/m1/s1. The van der Waals surface area contributed by atoms with Gasteiger partial charge in [-0.3, -0.25) is 19.6 Å². The summed E-state index contributed by atoms with van der Waals surface area (Å²) >= 11 is 0. The van der Waals surface area contributed by atoms with E-state index in [4.69, 9.17) is 28.4 Å². The summed E-state index contributed by atoms with van der Waals surface area (Å²) < 4.78 is 35.8. The topological polar surface area (TPSA) is 156 Å². The van der Waals surface area contributed by atoms with Crippen LogP contribution < -0.4 is 19.6 Å². The normalized spacial score (nSPS) is 15.6. The summed E-state index contributed by atoms with van der Waals surface area (Å²) in [4.78, 5) is 37.1. The number of urea groups is 2. The molecule has 4 amide bonds. The zero-order valence-electron chi connectivity index (χ0n) is 43.4. The molecule has 2 atom stereocenters. The van der Waals surface area contributed by atoms with Gasteiger partial charge in [0.1, 0.15) is 5.69 Å². The third kappa shape index (κ3) is 15.8. The fourth-order valence-corrected chi connectivity index (χ4v) is 8.96. The molecule has 0 N–H and O–H groups in total. The average Bonchev–Trinajstić information content (AvgIpc) is 3.85. The first-order valence-corrected chi connectivity index (χ1v) is 24.8. The minimum absolute atomic E-state index is 0.0185. The summed E-state index contributed by atoms with van der Waals surface area (Å²) in [6, 6.07) is 24.6. The number of rotatable bonds is 28. The molecule has 0 bridgehead atoms. The number of hydrogen-bond donors (Lipinski definition) is 0. The number of amides is 4.